The van der Waals surface area contributed by atoms with Gasteiger partial charge in [0.1, 0.15) is 0 Å². The maximum atomic E-state index is 2.38. The molecule has 4 aromatic carbocycles. The Morgan fingerprint density at radius 2 is 0.703 bits per heavy atom. The van der Waals surface area contributed by atoms with E-state index in [2.05, 4.69) is 161 Å². The summed E-state index contributed by atoms with van der Waals surface area (Å²) in [5, 5.41) is 0. The van der Waals surface area contributed by atoms with E-state index in [1.165, 1.54) is 33.4 Å². The number of benzene rings is 4. The molecule has 0 spiro atoms. The highest BCUT2D eigenvalue weighted by Crippen LogP contribution is 2.33. The van der Waals surface area contributed by atoms with Crippen molar-refractivity contribution in [2.24, 2.45) is 0 Å². The molecule has 0 saturated heterocycles. The van der Waals surface area contributed by atoms with Crippen LogP contribution in [0.3, 0.4) is 0 Å². The second-order valence-electron chi connectivity index (χ2n) is 10.0. The lowest BCUT2D eigenvalue weighted by Gasteiger charge is -2.34. The first-order chi connectivity index (χ1) is 17.8. The van der Waals surface area contributed by atoms with Gasteiger partial charge in [-0.2, -0.15) is 0 Å². The van der Waals surface area contributed by atoms with Crippen LogP contribution < -0.4 is 9.80 Å². The Bertz CT molecular complexity index is 1250. The first-order valence-electron chi connectivity index (χ1n) is 13.0. The Hall–Kier alpha value is -4.04. The topological polar surface area (TPSA) is 6.48 Å². The van der Waals surface area contributed by atoms with Gasteiger partial charge in [-0.15, -0.1) is 0 Å². The molecule has 4 rings (SSSR count). The van der Waals surface area contributed by atoms with Crippen molar-refractivity contribution in [2.75, 3.05) is 16.5 Å². The van der Waals surface area contributed by atoms with Crippen LogP contribution in [0.2, 0.25) is 0 Å². The third kappa shape index (κ3) is 6.21. The Labute approximate surface area is 223 Å². The van der Waals surface area contributed by atoms with Crippen LogP contribution in [0.5, 0.6) is 0 Å². The SMILES string of the molecule is CC(C)=C(C)c1ccc(N(CN(c2ccccc2)c2ccc(C(C)=C(C)C)cc2)c2ccccc2)cc1. The van der Waals surface area contributed by atoms with Crippen LogP contribution >= 0.6 is 0 Å². The van der Waals surface area contributed by atoms with Crippen LogP contribution in [-0.2, 0) is 0 Å². The van der Waals surface area contributed by atoms with Crippen molar-refractivity contribution >= 4 is 33.9 Å². The first-order valence-corrected chi connectivity index (χ1v) is 13.0. The van der Waals surface area contributed by atoms with Gasteiger partial charge in [0.25, 0.3) is 0 Å². The van der Waals surface area contributed by atoms with Gasteiger partial charge in [0, 0.05) is 22.7 Å². The van der Waals surface area contributed by atoms with E-state index in [1.54, 1.807) is 0 Å². The van der Waals surface area contributed by atoms with Crippen LogP contribution in [0, 0.1) is 0 Å². The number of allylic oxidation sites excluding steroid dienone is 4. The first kappa shape index (κ1) is 26.0. The maximum absolute atomic E-state index is 2.38. The molecule has 0 unspecified atom stereocenters. The van der Waals surface area contributed by atoms with Crippen LogP contribution in [0.25, 0.3) is 11.1 Å². The van der Waals surface area contributed by atoms with Gasteiger partial charge in [0.05, 0.1) is 6.67 Å². The zero-order valence-electron chi connectivity index (χ0n) is 23.0. The highest BCUT2D eigenvalue weighted by Gasteiger charge is 2.17. The minimum absolute atomic E-state index is 0.677. The number of anilines is 4. The molecule has 0 aliphatic heterocycles. The maximum Gasteiger partial charge on any atom is 0.0999 e. The van der Waals surface area contributed by atoms with Gasteiger partial charge >= 0.3 is 0 Å². The van der Waals surface area contributed by atoms with E-state index in [4.69, 9.17) is 0 Å². The van der Waals surface area contributed by atoms with Gasteiger partial charge in [0.15, 0.2) is 0 Å². The molecule has 37 heavy (non-hydrogen) atoms. The van der Waals surface area contributed by atoms with Crippen molar-refractivity contribution in [2.45, 2.75) is 41.5 Å². The fourth-order valence-electron chi connectivity index (χ4n) is 4.34. The van der Waals surface area contributed by atoms with Crippen molar-refractivity contribution in [1.82, 2.24) is 0 Å². The molecule has 0 fully saturated rings. The standard InChI is InChI=1S/C35H38N2/c1-26(2)28(5)30-17-21-34(22-18-30)36(32-13-9-7-10-14-32)25-37(33-15-11-8-12-16-33)35-23-19-31(20-24-35)29(6)27(3)4/h7-24H,25H2,1-6H3. The van der Waals surface area contributed by atoms with E-state index in [-0.39, 0.29) is 0 Å². The molecule has 0 aromatic heterocycles. The van der Waals surface area contributed by atoms with Gasteiger partial charge in [0.2, 0.25) is 0 Å². The van der Waals surface area contributed by atoms with Gasteiger partial charge in [-0.1, -0.05) is 71.8 Å². The van der Waals surface area contributed by atoms with E-state index in [9.17, 15) is 0 Å². The third-order valence-electron chi connectivity index (χ3n) is 7.14. The summed E-state index contributed by atoms with van der Waals surface area (Å²) >= 11 is 0. The monoisotopic (exact) mass is 486 g/mol. The molecule has 0 radical (unpaired) electrons. The number of hydrogen-bond donors (Lipinski definition) is 0. The minimum Gasteiger partial charge on any atom is -0.323 e. The van der Waals surface area contributed by atoms with E-state index < -0.39 is 0 Å². The summed E-state index contributed by atoms with van der Waals surface area (Å²) in [5.41, 5.74) is 12.5. The van der Waals surface area contributed by atoms with Crippen molar-refractivity contribution in [3.05, 3.63) is 131 Å². The van der Waals surface area contributed by atoms with Crippen molar-refractivity contribution in [3.63, 3.8) is 0 Å². The molecule has 0 saturated carbocycles. The molecule has 0 atom stereocenters. The summed E-state index contributed by atoms with van der Waals surface area (Å²) in [4.78, 5) is 4.76. The summed E-state index contributed by atoms with van der Waals surface area (Å²) in [5.74, 6) is 0. The summed E-state index contributed by atoms with van der Waals surface area (Å²) in [6, 6.07) is 39.2. The smallest absolute Gasteiger partial charge is 0.0999 e. The minimum atomic E-state index is 0.677. The summed E-state index contributed by atoms with van der Waals surface area (Å²) in [7, 11) is 0. The zero-order valence-corrected chi connectivity index (χ0v) is 23.0. The van der Waals surface area contributed by atoms with Crippen molar-refractivity contribution in [3.8, 4) is 0 Å². The molecule has 0 bridgehead atoms. The quantitative estimate of drug-likeness (QED) is 0.229. The average molecular weight is 487 g/mol. The Morgan fingerprint density at radius 1 is 0.405 bits per heavy atom. The molecular weight excluding hydrogens is 448 g/mol. The van der Waals surface area contributed by atoms with Crippen LogP contribution in [0.4, 0.5) is 22.7 Å². The van der Waals surface area contributed by atoms with Crippen molar-refractivity contribution < 1.29 is 0 Å². The Morgan fingerprint density at radius 3 is 1.00 bits per heavy atom. The normalized spacial score (nSPS) is 10.5. The molecule has 0 aliphatic carbocycles. The summed E-state index contributed by atoms with van der Waals surface area (Å²) in [6.07, 6.45) is 0. The summed E-state index contributed by atoms with van der Waals surface area (Å²) in [6.45, 7) is 13.7. The fourth-order valence-corrected chi connectivity index (χ4v) is 4.34. The number of rotatable bonds is 8. The van der Waals surface area contributed by atoms with Crippen LogP contribution in [0.15, 0.2) is 120 Å². The Balaban J connectivity index is 1.77. The second-order valence-corrected chi connectivity index (χ2v) is 10.0. The highest BCUT2D eigenvalue weighted by molar-refractivity contribution is 5.74. The van der Waals surface area contributed by atoms with Crippen LogP contribution in [-0.4, -0.2) is 6.67 Å². The van der Waals surface area contributed by atoms with Gasteiger partial charge in [-0.05, 0) is 112 Å². The van der Waals surface area contributed by atoms with E-state index in [0.717, 1.165) is 22.7 Å². The Kier molecular flexibility index (Phi) is 8.30. The number of nitrogens with zero attached hydrogens (tertiary/aromatic N) is 2. The lowest BCUT2D eigenvalue weighted by molar-refractivity contribution is 0.925. The van der Waals surface area contributed by atoms with Gasteiger partial charge in [-0.25, -0.2) is 0 Å². The predicted octanol–water partition coefficient (Wildman–Crippen LogP) is 10.2. The lowest BCUT2D eigenvalue weighted by atomic mass is 10.0. The predicted molar refractivity (Wildman–Crippen MR) is 163 cm³/mol. The molecular formula is C35H38N2. The van der Waals surface area contributed by atoms with E-state index in [0.29, 0.717) is 6.67 Å². The van der Waals surface area contributed by atoms with E-state index >= 15 is 0 Å². The van der Waals surface area contributed by atoms with Crippen LogP contribution in [0.1, 0.15) is 52.7 Å². The lowest BCUT2D eigenvalue weighted by Crippen LogP contribution is -2.32. The molecule has 0 aliphatic rings. The average Bonchev–Trinajstić information content (AvgIpc) is 2.94. The third-order valence-corrected chi connectivity index (χ3v) is 7.14. The van der Waals surface area contributed by atoms with E-state index in [1.807, 2.05) is 0 Å². The van der Waals surface area contributed by atoms with Gasteiger partial charge in [-0.3, -0.25) is 0 Å². The molecule has 0 N–H and O–H groups in total. The molecule has 0 heterocycles. The number of para-hydroxylation sites is 2. The summed E-state index contributed by atoms with van der Waals surface area (Å²) < 4.78 is 0. The zero-order chi connectivity index (χ0) is 26.4. The number of hydrogen-bond acceptors (Lipinski definition) is 2. The molecule has 188 valence electrons. The second kappa shape index (κ2) is 11.8. The van der Waals surface area contributed by atoms with Gasteiger partial charge < -0.3 is 9.80 Å². The molecule has 4 aromatic rings. The molecule has 2 nitrogen and oxygen atoms in total. The molecule has 0 amide bonds. The van der Waals surface area contributed by atoms with Crippen molar-refractivity contribution in [1.29, 1.82) is 0 Å². The highest BCUT2D eigenvalue weighted by atomic mass is 15.3. The fraction of sp³-hybridized carbons (Fsp3) is 0.200. The molecule has 2 heteroatoms. The largest absolute Gasteiger partial charge is 0.323 e.